The van der Waals surface area contributed by atoms with Crippen LogP contribution in [-0.4, -0.2) is 16.5 Å². The van der Waals surface area contributed by atoms with Crippen molar-refractivity contribution in [3.05, 3.63) is 32.6 Å². The van der Waals surface area contributed by atoms with Crippen molar-refractivity contribution in [2.24, 2.45) is 0 Å². The lowest BCUT2D eigenvalue weighted by molar-refractivity contribution is 0.703. The molecule has 0 amide bonds. The number of nitrogens with one attached hydrogen (secondary N) is 3. The first-order chi connectivity index (χ1) is 5.72. The molecule has 0 aliphatic carbocycles. The van der Waals surface area contributed by atoms with Crippen molar-refractivity contribution in [1.82, 2.24) is 15.3 Å². The van der Waals surface area contributed by atoms with E-state index in [9.17, 15) is 9.59 Å². The zero-order chi connectivity index (χ0) is 8.97. The van der Waals surface area contributed by atoms with Gasteiger partial charge in [-0.3, -0.25) is 9.78 Å². The monoisotopic (exact) mass is 169 g/mol. The molecule has 0 saturated carbocycles. The number of hydrogen-bond acceptors (Lipinski definition) is 3. The zero-order valence-corrected chi connectivity index (χ0v) is 6.81. The number of aromatic amines is 2. The second-order valence-corrected chi connectivity index (χ2v) is 2.39. The molecule has 0 atom stereocenters. The summed E-state index contributed by atoms with van der Waals surface area (Å²) < 4.78 is 0. The van der Waals surface area contributed by atoms with Crippen LogP contribution in [0.1, 0.15) is 12.6 Å². The quantitative estimate of drug-likeness (QED) is 0.552. The van der Waals surface area contributed by atoms with Crippen molar-refractivity contribution >= 4 is 0 Å². The molecule has 0 saturated heterocycles. The average Bonchev–Trinajstić information content (AvgIpc) is 1.99. The van der Waals surface area contributed by atoms with Crippen LogP contribution in [0.25, 0.3) is 0 Å². The van der Waals surface area contributed by atoms with Gasteiger partial charge in [0.05, 0.1) is 0 Å². The minimum absolute atomic E-state index is 0.369. The van der Waals surface area contributed by atoms with Crippen molar-refractivity contribution in [3.63, 3.8) is 0 Å². The van der Waals surface area contributed by atoms with Crippen LogP contribution in [0.5, 0.6) is 0 Å². The van der Waals surface area contributed by atoms with E-state index >= 15 is 0 Å². The molecule has 0 aliphatic rings. The summed E-state index contributed by atoms with van der Waals surface area (Å²) in [5.41, 5.74) is -0.229. The molecule has 0 aliphatic heterocycles. The summed E-state index contributed by atoms with van der Waals surface area (Å²) in [4.78, 5) is 26.1. The van der Waals surface area contributed by atoms with Gasteiger partial charge in [-0.2, -0.15) is 0 Å². The Labute approximate surface area is 68.8 Å². The maximum Gasteiger partial charge on any atom is 0.325 e. The van der Waals surface area contributed by atoms with Crippen LogP contribution in [-0.2, 0) is 6.54 Å². The number of aromatic nitrogens is 2. The Bertz CT molecular complexity index is 324. The van der Waals surface area contributed by atoms with Gasteiger partial charge < -0.3 is 10.3 Å². The Morgan fingerprint density at radius 3 is 2.75 bits per heavy atom. The molecule has 0 spiro atoms. The first kappa shape index (κ1) is 8.73. The fourth-order valence-electron chi connectivity index (χ4n) is 0.874. The van der Waals surface area contributed by atoms with Crippen LogP contribution >= 0.6 is 0 Å². The van der Waals surface area contributed by atoms with E-state index in [0.29, 0.717) is 12.2 Å². The molecule has 1 heterocycles. The second kappa shape index (κ2) is 3.87. The Morgan fingerprint density at radius 2 is 2.17 bits per heavy atom. The van der Waals surface area contributed by atoms with Crippen molar-refractivity contribution in [2.75, 3.05) is 6.54 Å². The molecular weight excluding hydrogens is 158 g/mol. The molecule has 0 fully saturated rings. The lowest BCUT2D eigenvalue weighted by atomic mass is 10.4. The molecule has 5 heteroatoms. The molecular formula is C7H11N3O2. The van der Waals surface area contributed by atoms with Crippen molar-refractivity contribution < 1.29 is 0 Å². The maximum atomic E-state index is 10.8. The van der Waals surface area contributed by atoms with E-state index in [4.69, 9.17) is 0 Å². The molecule has 1 aromatic rings. The van der Waals surface area contributed by atoms with E-state index in [2.05, 4.69) is 15.3 Å². The highest BCUT2D eigenvalue weighted by Gasteiger charge is 1.94. The van der Waals surface area contributed by atoms with Crippen LogP contribution in [0, 0.1) is 0 Å². The topological polar surface area (TPSA) is 77.8 Å². The summed E-state index contributed by atoms with van der Waals surface area (Å²) in [7, 11) is 0. The number of rotatable bonds is 3. The smallest absolute Gasteiger partial charge is 0.312 e. The first-order valence-electron chi connectivity index (χ1n) is 3.75. The van der Waals surface area contributed by atoms with Gasteiger partial charge >= 0.3 is 5.69 Å². The zero-order valence-electron chi connectivity index (χ0n) is 6.81. The van der Waals surface area contributed by atoms with Gasteiger partial charge in [0.15, 0.2) is 0 Å². The van der Waals surface area contributed by atoms with Gasteiger partial charge in [0.1, 0.15) is 0 Å². The Morgan fingerprint density at radius 1 is 1.42 bits per heavy atom. The lowest BCUT2D eigenvalue weighted by Gasteiger charge is -1.99. The summed E-state index contributed by atoms with van der Waals surface area (Å²) in [5, 5.41) is 3.00. The summed E-state index contributed by atoms with van der Waals surface area (Å²) >= 11 is 0. The van der Waals surface area contributed by atoms with E-state index < -0.39 is 5.69 Å². The predicted molar refractivity (Wildman–Crippen MR) is 45.1 cm³/mol. The van der Waals surface area contributed by atoms with E-state index in [1.54, 1.807) is 0 Å². The Hall–Kier alpha value is -1.36. The average molecular weight is 169 g/mol. The molecule has 1 rings (SSSR count). The van der Waals surface area contributed by atoms with Gasteiger partial charge in [-0.25, -0.2) is 4.79 Å². The molecule has 0 aromatic carbocycles. The molecule has 0 bridgehead atoms. The normalized spacial score (nSPS) is 10.1. The Balaban J connectivity index is 2.86. The molecule has 0 radical (unpaired) electrons. The van der Waals surface area contributed by atoms with Gasteiger partial charge in [0.2, 0.25) is 0 Å². The highest BCUT2D eigenvalue weighted by Crippen LogP contribution is 1.82. The summed E-state index contributed by atoms with van der Waals surface area (Å²) in [6.07, 6.45) is 0. The van der Waals surface area contributed by atoms with Crippen LogP contribution in [0.2, 0.25) is 0 Å². The molecule has 0 unspecified atom stereocenters. The van der Waals surface area contributed by atoms with Crippen molar-refractivity contribution in [3.8, 4) is 0 Å². The standard InChI is InChI=1S/C7H11N3O2/c1-2-8-4-5-3-6(11)10-7(12)9-5/h3,8H,2,4H2,1H3,(H2,9,10,11,12). The molecule has 66 valence electrons. The molecule has 1 aromatic heterocycles. The van der Waals surface area contributed by atoms with Crippen molar-refractivity contribution in [2.45, 2.75) is 13.5 Å². The van der Waals surface area contributed by atoms with E-state index in [-0.39, 0.29) is 5.56 Å². The van der Waals surface area contributed by atoms with Gasteiger partial charge in [-0.05, 0) is 6.54 Å². The third-order valence-corrected chi connectivity index (χ3v) is 1.38. The largest absolute Gasteiger partial charge is 0.325 e. The first-order valence-corrected chi connectivity index (χ1v) is 3.75. The second-order valence-electron chi connectivity index (χ2n) is 2.39. The van der Waals surface area contributed by atoms with Gasteiger partial charge in [-0.15, -0.1) is 0 Å². The number of H-pyrrole nitrogens is 2. The maximum absolute atomic E-state index is 10.8. The molecule has 5 nitrogen and oxygen atoms in total. The van der Waals surface area contributed by atoms with Crippen LogP contribution in [0.4, 0.5) is 0 Å². The van der Waals surface area contributed by atoms with Crippen molar-refractivity contribution in [1.29, 1.82) is 0 Å². The summed E-state index contributed by atoms with van der Waals surface area (Å²) in [6.45, 7) is 3.26. The lowest BCUT2D eigenvalue weighted by Crippen LogP contribution is -2.25. The fourth-order valence-corrected chi connectivity index (χ4v) is 0.874. The van der Waals surface area contributed by atoms with E-state index in [1.807, 2.05) is 6.92 Å². The highest BCUT2D eigenvalue weighted by atomic mass is 16.2. The summed E-state index contributed by atoms with van der Waals surface area (Å²) in [5.74, 6) is 0. The third kappa shape index (κ3) is 2.35. The predicted octanol–water partition coefficient (Wildman–Crippen LogP) is -0.827. The highest BCUT2D eigenvalue weighted by molar-refractivity contribution is 4.97. The fraction of sp³-hybridized carbons (Fsp3) is 0.429. The van der Waals surface area contributed by atoms with Crippen LogP contribution in [0.3, 0.4) is 0 Å². The van der Waals surface area contributed by atoms with Crippen LogP contribution < -0.4 is 16.6 Å². The van der Waals surface area contributed by atoms with Crippen LogP contribution in [0.15, 0.2) is 15.7 Å². The van der Waals surface area contributed by atoms with E-state index in [0.717, 1.165) is 6.54 Å². The minimum Gasteiger partial charge on any atom is -0.312 e. The minimum atomic E-state index is -0.463. The van der Waals surface area contributed by atoms with Gasteiger partial charge in [0.25, 0.3) is 5.56 Å². The van der Waals surface area contributed by atoms with Gasteiger partial charge in [-0.1, -0.05) is 6.92 Å². The third-order valence-electron chi connectivity index (χ3n) is 1.38. The van der Waals surface area contributed by atoms with Gasteiger partial charge in [0, 0.05) is 18.3 Å². The van der Waals surface area contributed by atoms with E-state index in [1.165, 1.54) is 6.07 Å². The SMILES string of the molecule is CCNCc1cc(=O)[nH]c(=O)[nH]1. The summed E-state index contributed by atoms with van der Waals surface area (Å²) in [6, 6.07) is 1.37. The molecule has 3 N–H and O–H groups in total. The molecule has 12 heavy (non-hydrogen) atoms. The Kier molecular flexibility index (Phi) is 2.82. The number of hydrogen-bond donors (Lipinski definition) is 3.